The average Bonchev–Trinajstić information content (AvgIpc) is 3.19. The topological polar surface area (TPSA) is 94.4 Å². The minimum absolute atomic E-state index is 0.0936. The van der Waals surface area contributed by atoms with Gasteiger partial charge >= 0.3 is 6.09 Å². The van der Waals surface area contributed by atoms with Crippen LogP contribution in [0.15, 0.2) is 16.8 Å². The van der Waals surface area contributed by atoms with Gasteiger partial charge in [-0.1, -0.05) is 37.6 Å². The van der Waals surface area contributed by atoms with Crippen molar-refractivity contribution in [3.8, 4) is 0 Å². The molecule has 7 atom stereocenters. The number of nitrogens with zero attached hydrogens (tertiary/aromatic N) is 2. The molecule has 0 radical (unpaired) electrons. The van der Waals surface area contributed by atoms with Crippen molar-refractivity contribution >= 4 is 11.8 Å². The van der Waals surface area contributed by atoms with E-state index < -0.39 is 6.09 Å². The number of fused-ring (bicyclic) bond motifs is 5. The molecule has 198 valence electrons. The number of oxime groups is 1. The molecule has 4 aliphatic carbocycles. The summed E-state index contributed by atoms with van der Waals surface area (Å²) in [7, 11) is 0. The van der Waals surface area contributed by atoms with Gasteiger partial charge in [-0.25, -0.2) is 4.79 Å². The molecular formula is C28H47N3O4. The lowest BCUT2D eigenvalue weighted by atomic mass is 9.46. The van der Waals surface area contributed by atoms with E-state index in [9.17, 15) is 15.0 Å². The molecule has 0 bridgehead atoms. The summed E-state index contributed by atoms with van der Waals surface area (Å²) in [6.07, 6.45) is 10.6. The molecule has 0 saturated heterocycles. The molecule has 0 aromatic rings. The van der Waals surface area contributed by atoms with Gasteiger partial charge in [-0.05, 0) is 93.4 Å². The van der Waals surface area contributed by atoms with Crippen molar-refractivity contribution in [3.05, 3.63) is 11.6 Å². The van der Waals surface area contributed by atoms with E-state index in [1.807, 2.05) is 13.8 Å². The molecule has 0 aromatic carbocycles. The van der Waals surface area contributed by atoms with Crippen molar-refractivity contribution in [1.82, 2.24) is 10.2 Å². The number of carbonyl (C=O) groups is 1. The second kappa shape index (κ2) is 10.9. The predicted molar refractivity (Wildman–Crippen MR) is 138 cm³/mol. The smallest absolute Gasteiger partial charge is 0.395 e. The van der Waals surface area contributed by atoms with Gasteiger partial charge in [0.05, 0.1) is 18.4 Å². The van der Waals surface area contributed by atoms with Crippen LogP contribution in [0.2, 0.25) is 0 Å². The Labute approximate surface area is 211 Å². The molecule has 7 heteroatoms. The standard InChI is InChI=1S/C28H47N3O4/c1-5-29-14-15-31(16-17-32)26(34)35-30-19(2)23-8-9-24-22-7-6-20-18-21(33)10-12-27(20,3)25(22)11-13-28(23,24)4/h18,21-25,29,32-33H,5-17H2,1-4H3/b30-19+/t21-,22-,23+,24-,25-,27-,28+/m0/s1. The molecule has 0 spiro atoms. The van der Waals surface area contributed by atoms with E-state index in [4.69, 9.17) is 4.84 Å². The first-order valence-electron chi connectivity index (χ1n) is 14.0. The van der Waals surface area contributed by atoms with Gasteiger partial charge in [-0.3, -0.25) is 4.84 Å². The van der Waals surface area contributed by atoms with E-state index in [2.05, 4.69) is 30.4 Å². The van der Waals surface area contributed by atoms with Crippen LogP contribution in [0.3, 0.4) is 0 Å². The van der Waals surface area contributed by atoms with Crippen molar-refractivity contribution in [2.75, 3.05) is 32.8 Å². The first-order valence-corrected chi connectivity index (χ1v) is 14.0. The third kappa shape index (κ3) is 5.05. The van der Waals surface area contributed by atoms with Crippen molar-refractivity contribution < 1.29 is 19.8 Å². The van der Waals surface area contributed by atoms with Crippen molar-refractivity contribution in [3.63, 3.8) is 0 Å². The zero-order valence-electron chi connectivity index (χ0n) is 22.3. The van der Waals surface area contributed by atoms with Crippen LogP contribution in [0, 0.1) is 34.5 Å². The third-order valence-corrected chi connectivity index (χ3v) is 10.3. The Morgan fingerprint density at radius 3 is 2.71 bits per heavy atom. The number of aliphatic hydroxyl groups excluding tert-OH is 2. The van der Waals surface area contributed by atoms with E-state index in [1.165, 1.54) is 36.2 Å². The summed E-state index contributed by atoms with van der Waals surface area (Å²) >= 11 is 0. The number of amides is 1. The van der Waals surface area contributed by atoms with E-state index in [0.29, 0.717) is 30.8 Å². The maximum absolute atomic E-state index is 12.6. The zero-order valence-corrected chi connectivity index (χ0v) is 22.3. The summed E-state index contributed by atoms with van der Waals surface area (Å²) in [5, 5.41) is 27.1. The third-order valence-electron chi connectivity index (χ3n) is 10.3. The summed E-state index contributed by atoms with van der Waals surface area (Å²) in [5.74, 6) is 2.47. The summed E-state index contributed by atoms with van der Waals surface area (Å²) in [6, 6.07) is 0. The number of hydrogen-bond acceptors (Lipinski definition) is 6. The fourth-order valence-electron chi connectivity index (χ4n) is 8.43. The minimum atomic E-state index is -0.487. The van der Waals surface area contributed by atoms with Crippen LogP contribution in [0.5, 0.6) is 0 Å². The van der Waals surface area contributed by atoms with E-state index in [0.717, 1.165) is 43.9 Å². The molecule has 3 fully saturated rings. The Balaban J connectivity index is 1.43. The molecule has 4 rings (SSSR count). The number of carbonyl (C=O) groups excluding carboxylic acids is 1. The Bertz CT molecular complexity index is 829. The van der Waals surface area contributed by atoms with Crippen LogP contribution < -0.4 is 5.32 Å². The maximum Gasteiger partial charge on any atom is 0.436 e. The van der Waals surface area contributed by atoms with Crippen molar-refractivity contribution in [2.45, 2.75) is 85.2 Å². The second-order valence-electron chi connectivity index (χ2n) is 12.0. The van der Waals surface area contributed by atoms with Gasteiger partial charge in [-0.15, -0.1) is 0 Å². The van der Waals surface area contributed by atoms with Crippen molar-refractivity contribution in [1.29, 1.82) is 0 Å². The largest absolute Gasteiger partial charge is 0.436 e. The zero-order chi connectivity index (χ0) is 25.2. The minimum Gasteiger partial charge on any atom is -0.395 e. The van der Waals surface area contributed by atoms with Gasteiger partial charge in [-0.2, -0.15) is 0 Å². The van der Waals surface area contributed by atoms with Gasteiger partial charge in [0, 0.05) is 25.6 Å². The first kappa shape index (κ1) is 26.6. The fourth-order valence-corrected chi connectivity index (χ4v) is 8.43. The Kier molecular flexibility index (Phi) is 8.29. The summed E-state index contributed by atoms with van der Waals surface area (Å²) in [4.78, 5) is 19.5. The number of aliphatic hydroxyl groups is 2. The molecular weight excluding hydrogens is 442 g/mol. The van der Waals surface area contributed by atoms with Gasteiger partial charge < -0.3 is 20.4 Å². The lowest BCUT2D eigenvalue weighted by Crippen LogP contribution is -2.51. The molecule has 0 aliphatic heterocycles. The molecule has 1 amide bonds. The summed E-state index contributed by atoms with van der Waals surface area (Å²) in [6.45, 7) is 11.1. The lowest BCUT2D eigenvalue weighted by Gasteiger charge is -2.58. The van der Waals surface area contributed by atoms with Gasteiger partial charge in [0.25, 0.3) is 0 Å². The van der Waals surface area contributed by atoms with E-state index >= 15 is 0 Å². The van der Waals surface area contributed by atoms with E-state index in [1.54, 1.807) is 0 Å². The molecule has 7 nitrogen and oxygen atoms in total. The van der Waals surface area contributed by atoms with Crippen LogP contribution in [0.4, 0.5) is 4.79 Å². The second-order valence-corrected chi connectivity index (χ2v) is 12.0. The van der Waals surface area contributed by atoms with Gasteiger partial charge in [0.15, 0.2) is 0 Å². The Morgan fingerprint density at radius 2 is 1.97 bits per heavy atom. The highest BCUT2D eigenvalue weighted by molar-refractivity contribution is 5.85. The first-order chi connectivity index (χ1) is 16.7. The molecule has 3 N–H and O–H groups in total. The lowest BCUT2D eigenvalue weighted by molar-refractivity contribution is -0.0479. The molecule has 35 heavy (non-hydrogen) atoms. The normalized spacial score (nSPS) is 38.7. The highest BCUT2D eigenvalue weighted by atomic mass is 16.7. The highest BCUT2D eigenvalue weighted by Crippen LogP contribution is 2.66. The number of allylic oxidation sites excluding steroid dienone is 1. The van der Waals surface area contributed by atoms with E-state index in [-0.39, 0.29) is 30.1 Å². The summed E-state index contributed by atoms with van der Waals surface area (Å²) < 4.78 is 0. The summed E-state index contributed by atoms with van der Waals surface area (Å²) in [5.41, 5.74) is 2.90. The monoisotopic (exact) mass is 489 g/mol. The van der Waals surface area contributed by atoms with Crippen molar-refractivity contribution in [2.24, 2.45) is 39.7 Å². The molecule has 0 unspecified atom stereocenters. The molecule has 4 aliphatic rings. The number of rotatable bonds is 8. The van der Waals surface area contributed by atoms with Crippen LogP contribution in [-0.4, -0.2) is 65.8 Å². The number of nitrogens with one attached hydrogen (secondary N) is 1. The highest BCUT2D eigenvalue weighted by Gasteiger charge is 2.59. The van der Waals surface area contributed by atoms with Crippen LogP contribution in [0.1, 0.15) is 79.1 Å². The van der Waals surface area contributed by atoms with Gasteiger partial charge in [0.1, 0.15) is 0 Å². The molecule has 0 heterocycles. The SMILES string of the molecule is CCNCCN(CCO)C(=O)O/N=C(\C)[C@H]1CC[C@H]2[C@@H]3CCC4=C[C@@H](O)CC[C@]4(C)[C@H]3CC[C@]12C. The Hall–Kier alpha value is -1.44. The quantitative estimate of drug-likeness (QED) is 0.155. The number of hydrogen-bond donors (Lipinski definition) is 3. The fraction of sp³-hybridized carbons (Fsp3) is 0.857. The predicted octanol–water partition coefficient (Wildman–Crippen LogP) is 4.34. The van der Waals surface area contributed by atoms with Crippen LogP contribution in [-0.2, 0) is 4.84 Å². The number of likely N-dealkylation sites (N-methyl/N-ethyl adjacent to an activating group) is 1. The van der Waals surface area contributed by atoms with Gasteiger partial charge in [0.2, 0.25) is 0 Å². The van der Waals surface area contributed by atoms with Crippen LogP contribution in [0.25, 0.3) is 0 Å². The maximum atomic E-state index is 12.6. The molecule has 0 aromatic heterocycles. The Morgan fingerprint density at radius 1 is 1.17 bits per heavy atom. The average molecular weight is 490 g/mol. The van der Waals surface area contributed by atoms with Crippen LogP contribution >= 0.6 is 0 Å². The molecule has 3 saturated carbocycles.